The van der Waals surface area contributed by atoms with Crippen LogP contribution in [0.4, 0.5) is 0 Å². The molecular weight excluding hydrogens is 623 g/mol. The van der Waals surface area contributed by atoms with Gasteiger partial charge >= 0.3 is 0 Å². The molecule has 0 aliphatic carbocycles. The molecule has 0 saturated carbocycles. The predicted molar refractivity (Wildman–Crippen MR) is 209 cm³/mol. The first kappa shape index (κ1) is 28.0. The van der Waals surface area contributed by atoms with Gasteiger partial charge in [0.15, 0.2) is 17.5 Å². The molecule has 0 spiro atoms. The van der Waals surface area contributed by atoms with Crippen molar-refractivity contribution in [2.45, 2.75) is 0 Å². The normalized spacial score (nSPS) is 12.1. The monoisotopic (exact) mass is 649 g/mol. The van der Waals surface area contributed by atoms with Crippen LogP contribution < -0.4 is 4.74 Å². The molecule has 0 radical (unpaired) electrons. The second kappa shape index (κ2) is 10.8. The SMILES string of the molecule is c1ccc(-c2ccc3ccc4cc(-c5nc(-c6ccccc6)nc(-c6ccc7ccc8ccc9cccc%10c9c8c7c6O%10)n5)ccc4c3c2)cc1. The van der Waals surface area contributed by atoms with Crippen LogP contribution in [0.15, 0.2) is 164 Å². The fraction of sp³-hybridized carbons (Fsp3) is 0. The lowest BCUT2D eigenvalue weighted by Crippen LogP contribution is -2.03. The number of fused-ring (bicyclic) bond motifs is 3. The molecule has 0 unspecified atom stereocenters. The minimum atomic E-state index is 0.574. The van der Waals surface area contributed by atoms with Gasteiger partial charge in [0, 0.05) is 27.3 Å². The topological polar surface area (TPSA) is 47.9 Å². The molecule has 0 fully saturated rings. The lowest BCUT2D eigenvalue weighted by molar-refractivity contribution is 0.494. The summed E-state index contributed by atoms with van der Waals surface area (Å²) in [5.74, 6) is 3.43. The van der Waals surface area contributed by atoms with E-state index in [4.69, 9.17) is 19.7 Å². The van der Waals surface area contributed by atoms with Gasteiger partial charge in [0.05, 0.1) is 5.56 Å². The zero-order valence-electron chi connectivity index (χ0n) is 27.3. The van der Waals surface area contributed by atoms with E-state index in [2.05, 4.69) is 133 Å². The maximum atomic E-state index is 6.80. The molecule has 2 heterocycles. The van der Waals surface area contributed by atoms with E-state index in [1.54, 1.807) is 0 Å². The van der Waals surface area contributed by atoms with Gasteiger partial charge < -0.3 is 4.74 Å². The fourth-order valence-corrected chi connectivity index (χ4v) is 7.77. The van der Waals surface area contributed by atoms with Crippen LogP contribution in [0.2, 0.25) is 0 Å². The summed E-state index contributed by atoms with van der Waals surface area (Å²) in [6, 6.07) is 57.5. The van der Waals surface area contributed by atoms with Gasteiger partial charge in [-0.3, -0.25) is 0 Å². The van der Waals surface area contributed by atoms with Crippen LogP contribution in [0.25, 0.3) is 99.2 Å². The highest BCUT2D eigenvalue weighted by Crippen LogP contribution is 2.50. The number of nitrogens with zero attached hydrogens (tertiary/aromatic N) is 3. The summed E-state index contributed by atoms with van der Waals surface area (Å²) < 4.78 is 6.80. The van der Waals surface area contributed by atoms with Gasteiger partial charge in [-0.2, -0.15) is 0 Å². The summed E-state index contributed by atoms with van der Waals surface area (Å²) in [5, 5.41) is 11.7. The number of aromatic nitrogens is 3. The average Bonchev–Trinajstić information content (AvgIpc) is 3.20. The first-order valence-electron chi connectivity index (χ1n) is 17.2. The van der Waals surface area contributed by atoms with Crippen molar-refractivity contribution in [3.63, 3.8) is 0 Å². The largest absolute Gasteiger partial charge is 0.455 e. The molecule has 0 atom stereocenters. The second-order valence-electron chi connectivity index (χ2n) is 13.2. The molecule has 9 aromatic carbocycles. The van der Waals surface area contributed by atoms with Crippen LogP contribution in [0.5, 0.6) is 11.5 Å². The zero-order valence-corrected chi connectivity index (χ0v) is 27.3. The van der Waals surface area contributed by atoms with Gasteiger partial charge in [-0.1, -0.05) is 140 Å². The Morgan fingerprint density at radius 1 is 0.333 bits per heavy atom. The molecule has 1 aliphatic rings. The fourth-order valence-electron chi connectivity index (χ4n) is 7.77. The van der Waals surface area contributed by atoms with Crippen molar-refractivity contribution in [3.8, 4) is 56.8 Å². The maximum absolute atomic E-state index is 6.80. The average molecular weight is 650 g/mol. The Hall–Kier alpha value is -6.91. The molecule has 0 amide bonds. The van der Waals surface area contributed by atoms with Crippen LogP contribution in [-0.2, 0) is 0 Å². The Labute approximate surface area is 293 Å². The molecule has 0 saturated heterocycles. The summed E-state index contributed by atoms with van der Waals surface area (Å²) in [7, 11) is 0. The van der Waals surface area contributed by atoms with Crippen LogP contribution in [0.3, 0.4) is 0 Å². The van der Waals surface area contributed by atoms with Crippen LogP contribution >= 0.6 is 0 Å². The van der Waals surface area contributed by atoms with E-state index < -0.39 is 0 Å². The highest BCUT2D eigenvalue weighted by atomic mass is 16.5. The minimum absolute atomic E-state index is 0.574. The zero-order chi connectivity index (χ0) is 33.5. The summed E-state index contributed by atoms with van der Waals surface area (Å²) >= 11 is 0. The number of rotatable bonds is 4. The smallest absolute Gasteiger partial charge is 0.167 e. The van der Waals surface area contributed by atoms with Crippen molar-refractivity contribution < 1.29 is 4.74 Å². The molecule has 1 aliphatic heterocycles. The van der Waals surface area contributed by atoms with E-state index in [0.29, 0.717) is 17.5 Å². The Balaban J connectivity index is 1.12. The molecule has 236 valence electrons. The van der Waals surface area contributed by atoms with Crippen LogP contribution in [-0.4, -0.2) is 15.0 Å². The van der Waals surface area contributed by atoms with Crippen LogP contribution in [0.1, 0.15) is 0 Å². The van der Waals surface area contributed by atoms with Crippen molar-refractivity contribution in [3.05, 3.63) is 164 Å². The Morgan fingerprint density at radius 3 is 1.75 bits per heavy atom. The molecule has 0 N–H and O–H groups in total. The lowest BCUT2D eigenvalue weighted by atomic mass is 9.92. The van der Waals surface area contributed by atoms with Crippen molar-refractivity contribution in [2.24, 2.45) is 0 Å². The van der Waals surface area contributed by atoms with E-state index in [9.17, 15) is 0 Å². The Bertz CT molecular complexity index is 3040. The summed E-state index contributed by atoms with van der Waals surface area (Å²) in [6.45, 7) is 0. The lowest BCUT2D eigenvalue weighted by Gasteiger charge is -2.22. The van der Waals surface area contributed by atoms with Crippen molar-refractivity contribution in [2.75, 3.05) is 0 Å². The first-order chi connectivity index (χ1) is 25.2. The van der Waals surface area contributed by atoms with Gasteiger partial charge in [0.25, 0.3) is 0 Å². The number of hydrogen-bond donors (Lipinski definition) is 0. The maximum Gasteiger partial charge on any atom is 0.167 e. The molecule has 51 heavy (non-hydrogen) atoms. The summed E-state index contributed by atoms with van der Waals surface area (Å²) in [4.78, 5) is 15.4. The van der Waals surface area contributed by atoms with E-state index in [1.165, 1.54) is 38.1 Å². The third-order valence-electron chi connectivity index (χ3n) is 10.2. The van der Waals surface area contributed by atoms with Crippen molar-refractivity contribution in [1.29, 1.82) is 0 Å². The minimum Gasteiger partial charge on any atom is -0.455 e. The molecule has 10 aromatic rings. The van der Waals surface area contributed by atoms with Crippen molar-refractivity contribution >= 4 is 53.9 Å². The third-order valence-corrected chi connectivity index (χ3v) is 10.2. The van der Waals surface area contributed by atoms with Gasteiger partial charge in [-0.05, 0) is 73.1 Å². The van der Waals surface area contributed by atoms with Gasteiger partial charge in [-0.15, -0.1) is 0 Å². The van der Waals surface area contributed by atoms with Crippen molar-refractivity contribution in [1.82, 2.24) is 15.0 Å². The Morgan fingerprint density at radius 2 is 0.941 bits per heavy atom. The molecular formula is C47H27N3O. The van der Waals surface area contributed by atoms with E-state index in [1.807, 2.05) is 30.3 Å². The van der Waals surface area contributed by atoms with E-state index >= 15 is 0 Å². The van der Waals surface area contributed by atoms with E-state index in [0.717, 1.165) is 55.1 Å². The second-order valence-corrected chi connectivity index (χ2v) is 13.2. The number of ether oxygens (including phenoxy) is 1. The molecule has 11 rings (SSSR count). The standard InChI is InChI=1S/C47H27N3O/c1-3-8-28(9-4-1)34-20-14-29-15-21-35-26-36(23-24-37(35)39(29)27-34)46-48-45(33-10-5-2-6-11-33)49-47(50-46)38-25-22-32-19-18-31-17-16-30-12-7-13-40-41(30)42(31)43(32)44(38)51-40/h1-27H. The number of hydrogen-bond acceptors (Lipinski definition) is 4. The highest BCUT2D eigenvalue weighted by Gasteiger charge is 2.24. The summed E-state index contributed by atoms with van der Waals surface area (Å²) in [6.07, 6.45) is 0. The highest BCUT2D eigenvalue weighted by molar-refractivity contribution is 6.26. The summed E-state index contributed by atoms with van der Waals surface area (Å²) in [5.41, 5.74) is 5.09. The number of benzene rings is 9. The third kappa shape index (κ3) is 4.37. The molecule has 0 bridgehead atoms. The van der Waals surface area contributed by atoms with Gasteiger partial charge in [-0.25, -0.2) is 15.0 Å². The molecule has 1 aromatic heterocycles. The Kier molecular flexibility index (Phi) is 5.92. The van der Waals surface area contributed by atoms with Gasteiger partial charge in [0.1, 0.15) is 11.5 Å². The van der Waals surface area contributed by atoms with Crippen LogP contribution in [0, 0.1) is 0 Å². The van der Waals surface area contributed by atoms with E-state index in [-0.39, 0.29) is 0 Å². The first-order valence-corrected chi connectivity index (χ1v) is 17.2. The predicted octanol–water partition coefficient (Wildman–Crippen LogP) is 12.4. The quantitative estimate of drug-likeness (QED) is 0.178. The molecule has 4 heteroatoms. The molecule has 4 nitrogen and oxygen atoms in total. The van der Waals surface area contributed by atoms with Gasteiger partial charge in [0.2, 0.25) is 0 Å².